The smallest absolute Gasteiger partial charge is 0.326 e. The van der Waals surface area contributed by atoms with Gasteiger partial charge < -0.3 is 15.2 Å². The van der Waals surface area contributed by atoms with Gasteiger partial charge in [-0.15, -0.1) is 0 Å². The van der Waals surface area contributed by atoms with Crippen molar-refractivity contribution < 1.29 is 19.4 Å². The molecule has 1 saturated heterocycles. The molecule has 0 spiro atoms. The average Bonchev–Trinajstić information content (AvgIpc) is 3.43. The minimum absolute atomic E-state index is 0.341. The summed E-state index contributed by atoms with van der Waals surface area (Å²) in [5.41, 5.74) is 4.62. The quantitative estimate of drug-likeness (QED) is 0.278. The Balaban J connectivity index is 0.000000472. The first-order chi connectivity index (χ1) is 19.4. The van der Waals surface area contributed by atoms with E-state index in [0.29, 0.717) is 23.0 Å². The SMILES string of the molecule is COc1ccccc1.CSCCC(NC(=O)c1ccc(CN2CCC(SC)C2)cc1-c1ccccc1C)C(=O)O. The molecule has 2 N–H and O–H groups in total. The lowest BCUT2D eigenvalue weighted by atomic mass is 9.93. The van der Waals surface area contributed by atoms with Gasteiger partial charge in [-0.25, -0.2) is 4.79 Å². The Kier molecular flexibility index (Phi) is 12.9. The number of ether oxygens (including phenoxy) is 1. The van der Waals surface area contributed by atoms with Gasteiger partial charge in [0.05, 0.1) is 7.11 Å². The summed E-state index contributed by atoms with van der Waals surface area (Å²) in [5, 5.41) is 13.0. The van der Waals surface area contributed by atoms with Crippen LogP contribution in [-0.2, 0) is 11.3 Å². The monoisotopic (exact) mass is 580 g/mol. The van der Waals surface area contributed by atoms with Gasteiger partial charge in [0.2, 0.25) is 0 Å². The third kappa shape index (κ3) is 9.32. The van der Waals surface area contributed by atoms with Gasteiger partial charge in [0.15, 0.2) is 0 Å². The maximum absolute atomic E-state index is 13.2. The molecule has 3 aromatic carbocycles. The fourth-order valence-electron chi connectivity index (χ4n) is 4.66. The Hall–Kier alpha value is -2.94. The number of aryl methyl sites for hydroxylation is 1. The highest BCUT2D eigenvalue weighted by molar-refractivity contribution is 7.99. The summed E-state index contributed by atoms with van der Waals surface area (Å²) >= 11 is 3.49. The Labute approximate surface area is 246 Å². The van der Waals surface area contributed by atoms with E-state index in [1.165, 1.54) is 12.0 Å². The summed E-state index contributed by atoms with van der Waals surface area (Å²) in [6.07, 6.45) is 5.70. The highest BCUT2D eigenvalue weighted by Gasteiger charge is 2.24. The van der Waals surface area contributed by atoms with E-state index in [-0.39, 0.29) is 5.91 Å². The molecule has 1 heterocycles. The summed E-state index contributed by atoms with van der Waals surface area (Å²) in [5.74, 6) is 0.242. The van der Waals surface area contributed by atoms with Gasteiger partial charge in [-0.3, -0.25) is 9.69 Å². The van der Waals surface area contributed by atoms with Crippen LogP contribution >= 0.6 is 23.5 Å². The molecule has 6 nitrogen and oxygen atoms in total. The molecule has 2 atom stereocenters. The predicted octanol–water partition coefficient (Wildman–Crippen LogP) is 6.23. The van der Waals surface area contributed by atoms with E-state index >= 15 is 0 Å². The first-order valence-electron chi connectivity index (χ1n) is 13.4. The molecule has 2 unspecified atom stereocenters. The zero-order chi connectivity index (χ0) is 28.9. The highest BCUT2D eigenvalue weighted by Crippen LogP contribution is 2.30. The molecule has 8 heteroatoms. The lowest BCUT2D eigenvalue weighted by Gasteiger charge is -2.19. The number of carboxylic acid groups (broad SMARTS) is 1. The van der Waals surface area contributed by atoms with Crippen LogP contribution in [0.3, 0.4) is 0 Å². The van der Waals surface area contributed by atoms with Crippen LogP contribution in [0.1, 0.15) is 34.3 Å². The van der Waals surface area contributed by atoms with Crippen LogP contribution in [0, 0.1) is 6.92 Å². The van der Waals surface area contributed by atoms with Crippen molar-refractivity contribution in [3.63, 3.8) is 0 Å². The molecule has 1 fully saturated rings. The van der Waals surface area contributed by atoms with Gasteiger partial charge >= 0.3 is 5.97 Å². The maximum Gasteiger partial charge on any atom is 0.326 e. The Bertz CT molecular complexity index is 1240. The molecule has 4 rings (SSSR count). The van der Waals surface area contributed by atoms with Crippen LogP contribution < -0.4 is 10.1 Å². The van der Waals surface area contributed by atoms with Crippen molar-refractivity contribution in [1.29, 1.82) is 0 Å². The zero-order valence-electron chi connectivity index (χ0n) is 23.8. The first kappa shape index (κ1) is 31.6. The van der Waals surface area contributed by atoms with Crippen molar-refractivity contribution >= 4 is 35.4 Å². The number of methoxy groups -OCH3 is 1. The molecule has 0 aromatic heterocycles. The standard InChI is InChI=1S/C25H32N2O3S2.C7H8O/c1-17-6-4-5-7-20(17)22-14-18(15-27-12-10-19(16-27)32-3)8-9-21(22)24(28)26-23(25(29)30)11-13-31-2;1-8-7-5-3-2-4-6-7/h4-9,14,19,23H,10-13,15-16H2,1-3H3,(H,26,28)(H,29,30);2-6H,1H3. The van der Waals surface area contributed by atoms with Gasteiger partial charge in [-0.1, -0.05) is 48.5 Å². The lowest BCUT2D eigenvalue weighted by Crippen LogP contribution is -2.41. The molecule has 0 radical (unpaired) electrons. The van der Waals surface area contributed by atoms with Gasteiger partial charge in [0, 0.05) is 23.9 Å². The first-order valence-corrected chi connectivity index (χ1v) is 16.1. The second kappa shape index (κ2) is 16.4. The van der Waals surface area contributed by atoms with Crippen molar-refractivity contribution in [2.45, 2.75) is 37.6 Å². The predicted molar refractivity (Wildman–Crippen MR) is 169 cm³/mol. The molecule has 1 aliphatic rings. The van der Waals surface area contributed by atoms with Crippen LogP contribution in [0.25, 0.3) is 11.1 Å². The molecular formula is C32H40N2O4S2. The van der Waals surface area contributed by atoms with Gasteiger partial charge in [0.25, 0.3) is 5.91 Å². The van der Waals surface area contributed by atoms with Crippen LogP contribution in [0.15, 0.2) is 72.8 Å². The molecule has 0 aliphatic carbocycles. The fourth-order valence-corrected chi connectivity index (χ4v) is 5.84. The molecule has 214 valence electrons. The summed E-state index contributed by atoms with van der Waals surface area (Å²) < 4.78 is 4.91. The van der Waals surface area contributed by atoms with Crippen molar-refractivity contribution in [2.24, 2.45) is 0 Å². The third-order valence-corrected chi connectivity index (χ3v) is 8.62. The summed E-state index contributed by atoms with van der Waals surface area (Å²) in [7, 11) is 1.66. The molecule has 3 aromatic rings. The number of carboxylic acids is 1. The van der Waals surface area contributed by atoms with Crippen molar-refractivity contribution in [2.75, 3.05) is 38.5 Å². The summed E-state index contributed by atoms with van der Waals surface area (Å²) in [6, 6.07) is 22.7. The molecule has 0 bridgehead atoms. The lowest BCUT2D eigenvalue weighted by molar-refractivity contribution is -0.139. The maximum atomic E-state index is 13.2. The largest absolute Gasteiger partial charge is 0.497 e. The van der Waals surface area contributed by atoms with E-state index in [9.17, 15) is 14.7 Å². The van der Waals surface area contributed by atoms with E-state index in [1.807, 2.05) is 91.7 Å². The Morgan fingerprint density at radius 2 is 1.77 bits per heavy atom. The van der Waals surface area contributed by atoms with Crippen molar-refractivity contribution in [1.82, 2.24) is 10.2 Å². The third-order valence-electron chi connectivity index (χ3n) is 6.93. The second-order valence-electron chi connectivity index (χ2n) is 9.74. The van der Waals surface area contributed by atoms with Gasteiger partial charge in [0.1, 0.15) is 11.8 Å². The van der Waals surface area contributed by atoms with Crippen LogP contribution in [0.5, 0.6) is 5.75 Å². The zero-order valence-corrected chi connectivity index (χ0v) is 25.4. The van der Waals surface area contributed by atoms with Crippen LogP contribution in [0.4, 0.5) is 0 Å². The Morgan fingerprint density at radius 3 is 2.38 bits per heavy atom. The number of thioether (sulfide) groups is 2. The summed E-state index contributed by atoms with van der Waals surface area (Å²) in [4.78, 5) is 27.3. The van der Waals surface area contributed by atoms with E-state index < -0.39 is 12.0 Å². The molecular weight excluding hydrogens is 540 g/mol. The number of carbonyl (C=O) groups excluding carboxylic acids is 1. The number of carbonyl (C=O) groups is 2. The number of aliphatic carboxylic acids is 1. The highest BCUT2D eigenvalue weighted by atomic mass is 32.2. The minimum atomic E-state index is -1.00. The summed E-state index contributed by atoms with van der Waals surface area (Å²) in [6.45, 7) is 5.05. The normalized spacial score (nSPS) is 15.6. The Morgan fingerprint density at radius 1 is 1.05 bits per heavy atom. The number of para-hydroxylation sites is 1. The van der Waals surface area contributed by atoms with Crippen LogP contribution in [0.2, 0.25) is 0 Å². The van der Waals surface area contributed by atoms with E-state index in [2.05, 4.69) is 22.5 Å². The van der Waals surface area contributed by atoms with E-state index in [4.69, 9.17) is 4.74 Å². The van der Waals surface area contributed by atoms with Gasteiger partial charge in [-0.05, 0) is 91.1 Å². The van der Waals surface area contributed by atoms with Gasteiger partial charge in [-0.2, -0.15) is 23.5 Å². The average molecular weight is 581 g/mol. The van der Waals surface area contributed by atoms with Crippen molar-refractivity contribution in [3.05, 3.63) is 89.5 Å². The molecule has 1 aliphatic heterocycles. The number of hydrogen-bond acceptors (Lipinski definition) is 6. The molecule has 1 amide bonds. The number of nitrogens with one attached hydrogen (secondary N) is 1. The second-order valence-corrected chi connectivity index (χ2v) is 11.9. The minimum Gasteiger partial charge on any atom is -0.497 e. The van der Waals surface area contributed by atoms with Crippen molar-refractivity contribution in [3.8, 4) is 16.9 Å². The van der Waals surface area contributed by atoms with E-state index in [1.54, 1.807) is 18.9 Å². The molecule has 0 saturated carbocycles. The number of benzene rings is 3. The topological polar surface area (TPSA) is 78.9 Å². The number of amides is 1. The number of likely N-dealkylation sites (tertiary alicyclic amines) is 1. The number of hydrogen-bond donors (Lipinski definition) is 2. The fraction of sp³-hybridized carbons (Fsp3) is 0.375. The number of rotatable bonds is 11. The number of nitrogens with zero attached hydrogens (tertiary/aromatic N) is 1. The van der Waals surface area contributed by atoms with E-state index in [0.717, 1.165) is 42.1 Å². The molecule has 40 heavy (non-hydrogen) atoms. The van der Waals surface area contributed by atoms with Crippen LogP contribution in [-0.4, -0.2) is 71.6 Å².